The Hall–Kier alpha value is -2.85. The van der Waals surface area contributed by atoms with E-state index in [0.717, 1.165) is 16.7 Å². The van der Waals surface area contributed by atoms with Gasteiger partial charge < -0.3 is 4.74 Å². The van der Waals surface area contributed by atoms with E-state index in [-0.39, 0.29) is 5.69 Å². The van der Waals surface area contributed by atoms with Gasteiger partial charge in [0.25, 0.3) is 5.69 Å². The second kappa shape index (κ2) is 7.36. The zero-order valence-electron chi connectivity index (χ0n) is 13.6. The topological polar surface area (TPSA) is 52.4 Å². The second-order valence-corrected chi connectivity index (χ2v) is 6.11. The van der Waals surface area contributed by atoms with Gasteiger partial charge in [0.15, 0.2) is 0 Å². The SMILES string of the molecule is Cc1cc([N+](=O)[O-])cc(-c2ccc(Cl)cc2)c1OCc1ccccc1. The van der Waals surface area contributed by atoms with Gasteiger partial charge >= 0.3 is 0 Å². The molecule has 0 N–H and O–H groups in total. The van der Waals surface area contributed by atoms with Crippen LogP contribution in [0, 0.1) is 17.0 Å². The summed E-state index contributed by atoms with van der Waals surface area (Å²) < 4.78 is 6.02. The third-order valence-corrected chi connectivity index (χ3v) is 4.10. The van der Waals surface area contributed by atoms with E-state index in [2.05, 4.69) is 0 Å². The highest BCUT2D eigenvalue weighted by Crippen LogP contribution is 2.37. The van der Waals surface area contributed by atoms with Gasteiger partial charge in [0.05, 0.1) is 4.92 Å². The molecular weight excluding hydrogens is 338 g/mol. The molecule has 0 saturated carbocycles. The predicted octanol–water partition coefficient (Wildman–Crippen LogP) is 5.80. The quantitative estimate of drug-likeness (QED) is 0.430. The predicted molar refractivity (Wildman–Crippen MR) is 99.1 cm³/mol. The summed E-state index contributed by atoms with van der Waals surface area (Å²) in [6.45, 7) is 2.20. The number of halogens is 1. The smallest absolute Gasteiger partial charge is 0.270 e. The van der Waals surface area contributed by atoms with E-state index in [1.54, 1.807) is 12.1 Å². The highest BCUT2D eigenvalue weighted by molar-refractivity contribution is 6.30. The van der Waals surface area contributed by atoms with Gasteiger partial charge in [-0.3, -0.25) is 10.1 Å². The van der Waals surface area contributed by atoms with Crippen LogP contribution in [0.3, 0.4) is 0 Å². The lowest BCUT2D eigenvalue weighted by Crippen LogP contribution is -2.00. The monoisotopic (exact) mass is 353 g/mol. The van der Waals surface area contributed by atoms with Crippen LogP contribution in [0.1, 0.15) is 11.1 Å². The van der Waals surface area contributed by atoms with E-state index in [9.17, 15) is 10.1 Å². The average Bonchev–Trinajstić information content (AvgIpc) is 2.61. The van der Waals surface area contributed by atoms with Crippen molar-refractivity contribution in [1.29, 1.82) is 0 Å². The first-order valence-corrected chi connectivity index (χ1v) is 8.14. The number of nitro groups is 1. The standard InChI is InChI=1S/C20H16ClNO3/c1-14-11-18(22(23)24)12-19(16-7-9-17(21)10-8-16)20(14)25-13-15-5-3-2-4-6-15/h2-12H,13H2,1H3. The molecule has 3 rings (SSSR count). The van der Waals surface area contributed by atoms with E-state index < -0.39 is 4.92 Å². The summed E-state index contributed by atoms with van der Waals surface area (Å²) in [7, 11) is 0. The molecule has 5 heteroatoms. The third kappa shape index (κ3) is 3.98. The molecule has 126 valence electrons. The molecule has 4 nitrogen and oxygen atoms in total. The molecule has 0 spiro atoms. The van der Waals surface area contributed by atoms with Crippen LogP contribution >= 0.6 is 11.6 Å². The van der Waals surface area contributed by atoms with Crippen molar-refractivity contribution in [2.75, 3.05) is 0 Å². The van der Waals surface area contributed by atoms with Gasteiger partial charge in [-0.1, -0.05) is 54.1 Å². The fourth-order valence-electron chi connectivity index (χ4n) is 2.63. The molecule has 0 bridgehead atoms. The summed E-state index contributed by atoms with van der Waals surface area (Å²) in [5, 5.41) is 11.8. The molecular formula is C20H16ClNO3. The lowest BCUT2D eigenvalue weighted by molar-refractivity contribution is -0.384. The molecule has 0 aliphatic rings. The highest BCUT2D eigenvalue weighted by Gasteiger charge is 2.17. The minimum atomic E-state index is -0.395. The molecule has 0 heterocycles. The Labute approximate surface area is 150 Å². The summed E-state index contributed by atoms with van der Waals surface area (Å²) in [4.78, 5) is 10.8. The Balaban J connectivity index is 2.03. The number of aryl methyl sites for hydroxylation is 1. The summed E-state index contributed by atoms with van der Waals surface area (Å²) in [5.74, 6) is 0.636. The van der Waals surface area contributed by atoms with Gasteiger partial charge in [0.2, 0.25) is 0 Å². The lowest BCUT2D eigenvalue weighted by atomic mass is 10.0. The number of nitrogens with zero attached hydrogens (tertiary/aromatic N) is 1. The van der Waals surface area contributed by atoms with Crippen molar-refractivity contribution in [2.24, 2.45) is 0 Å². The van der Waals surface area contributed by atoms with Crippen LogP contribution in [0.5, 0.6) is 5.75 Å². The first-order chi connectivity index (χ1) is 12.0. The Bertz CT molecular complexity index is 893. The fourth-order valence-corrected chi connectivity index (χ4v) is 2.75. The molecule has 3 aromatic rings. The first-order valence-electron chi connectivity index (χ1n) is 7.76. The number of ether oxygens (including phenoxy) is 1. The molecule has 0 aliphatic heterocycles. The number of rotatable bonds is 5. The van der Waals surface area contributed by atoms with Crippen molar-refractivity contribution in [1.82, 2.24) is 0 Å². The Morgan fingerprint density at radius 1 is 1.04 bits per heavy atom. The van der Waals surface area contributed by atoms with Crippen LogP contribution in [0.15, 0.2) is 66.7 Å². The van der Waals surface area contributed by atoms with Gasteiger partial charge in [-0.2, -0.15) is 0 Å². The van der Waals surface area contributed by atoms with E-state index in [1.165, 1.54) is 12.1 Å². The molecule has 0 unspecified atom stereocenters. The van der Waals surface area contributed by atoms with Crippen molar-refractivity contribution >= 4 is 17.3 Å². The van der Waals surface area contributed by atoms with Crippen LogP contribution in [-0.2, 0) is 6.61 Å². The molecule has 3 aromatic carbocycles. The third-order valence-electron chi connectivity index (χ3n) is 3.85. The molecule has 25 heavy (non-hydrogen) atoms. The molecule has 0 aromatic heterocycles. The zero-order chi connectivity index (χ0) is 17.8. The summed E-state index contributed by atoms with van der Waals surface area (Å²) in [5.41, 5.74) is 3.28. The minimum Gasteiger partial charge on any atom is -0.488 e. The van der Waals surface area contributed by atoms with Gasteiger partial charge in [-0.25, -0.2) is 0 Å². The first kappa shape index (κ1) is 17.0. The Morgan fingerprint density at radius 3 is 2.36 bits per heavy atom. The number of hydrogen-bond acceptors (Lipinski definition) is 3. The van der Waals surface area contributed by atoms with Crippen LogP contribution < -0.4 is 4.74 Å². The zero-order valence-corrected chi connectivity index (χ0v) is 14.4. The Kier molecular flexibility index (Phi) is 5.00. The Morgan fingerprint density at radius 2 is 1.72 bits per heavy atom. The number of non-ortho nitro benzene ring substituents is 1. The van der Waals surface area contributed by atoms with Crippen LogP contribution in [0.4, 0.5) is 5.69 Å². The normalized spacial score (nSPS) is 10.5. The summed E-state index contributed by atoms with van der Waals surface area (Å²) in [6, 6.07) is 20.0. The molecule has 0 aliphatic carbocycles. The molecule has 0 fully saturated rings. The average molecular weight is 354 g/mol. The van der Waals surface area contributed by atoms with Crippen molar-refractivity contribution < 1.29 is 9.66 Å². The number of benzene rings is 3. The molecule has 0 amide bonds. The molecule has 0 atom stereocenters. The van der Waals surface area contributed by atoms with Gasteiger partial charge in [-0.05, 0) is 35.7 Å². The van der Waals surface area contributed by atoms with Gasteiger partial charge in [-0.15, -0.1) is 0 Å². The fraction of sp³-hybridized carbons (Fsp3) is 0.100. The van der Waals surface area contributed by atoms with Crippen molar-refractivity contribution in [3.63, 3.8) is 0 Å². The maximum absolute atomic E-state index is 11.2. The van der Waals surface area contributed by atoms with Crippen LogP contribution in [-0.4, -0.2) is 4.92 Å². The lowest BCUT2D eigenvalue weighted by Gasteiger charge is -2.15. The molecule has 0 radical (unpaired) electrons. The highest BCUT2D eigenvalue weighted by atomic mass is 35.5. The van der Waals surface area contributed by atoms with Crippen LogP contribution in [0.2, 0.25) is 5.02 Å². The summed E-state index contributed by atoms with van der Waals surface area (Å²) in [6.07, 6.45) is 0. The van der Waals surface area contributed by atoms with Gasteiger partial charge in [0, 0.05) is 22.7 Å². The summed E-state index contributed by atoms with van der Waals surface area (Å²) >= 11 is 5.95. The largest absolute Gasteiger partial charge is 0.488 e. The number of hydrogen-bond donors (Lipinski definition) is 0. The second-order valence-electron chi connectivity index (χ2n) is 5.68. The van der Waals surface area contributed by atoms with Crippen molar-refractivity contribution in [2.45, 2.75) is 13.5 Å². The van der Waals surface area contributed by atoms with E-state index >= 15 is 0 Å². The number of nitro benzene ring substituents is 1. The maximum atomic E-state index is 11.2. The minimum absolute atomic E-state index is 0.0366. The van der Waals surface area contributed by atoms with Crippen LogP contribution in [0.25, 0.3) is 11.1 Å². The maximum Gasteiger partial charge on any atom is 0.270 e. The van der Waals surface area contributed by atoms with Gasteiger partial charge in [0.1, 0.15) is 12.4 Å². The van der Waals surface area contributed by atoms with Crippen molar-refractivity contribution in [3.8, 4) is 16.9 Å². The van der Waals surface area contributed by atoms with E-state index in [4.69, 9.17) is 16.3 Å². The van der Waals surface area contributed by atoms with E-state index in [1.807, 2.05) is 49.4 Å². The molecule has 0 saturated heterocycles. The van der Waals surface area contributed by atoms with Crippen molar-refractivity contribution in [3.05, 3.63) is 93.0 Å². The van der Waals surface area contributed by atoms with E-state index in [0.29, 0.717) is 22.9 Å².